The highest BCUT2D eigenvalue weighted by Gasteiger charge is 2.28. The van der Waals surface area contributed by atoms with Crippen molar-refractivity contribution in [3.05, 3.63) is 0 Å². The van der Waals surface area contributed by atoms with Crippen LogP contribution in [0.5, 0.6) is 0 Å². The Morgan fingerprint density at radius 2 is 2.30 bits per heavy atom. The largest absolute Gasteiger partial charge is 0.480 e. The van der Waals surface area contributed by atoms with Crippen molar-refractivity contribution < 1.29 is 9.90 Å². The van der Waals surface area contributed by atoms with E-state index in [9.17, 15) is 4.79 Å². The normalized spacial score (nSPS) is 31.3. The fourth-order valence-corrected chi connectivity index (χ4v) is 1.17. The first-order chi connectivity index (χ1) is 4.22. The van der Waals surface area contributed by atoms with E-state index in [2.05, 4.69) is 5.32 Å². The van der Waals surface area contributed by atoms with Gasteiger partial charge in [0.15, 0.2) is 0 Å². The first-order valence-corrected chi connectivity index (χ1v) is 3.18. The van der Waals surface area contributed by atoms with Crippen LogP contribution in [0.25, 0.3) is 0 Å². The Kier molecular flexibility index (Phi) is 3.68. The maximum Gasteiger partial charge on any atom is 0.320 e. The van der Waals surface area contributed by atoms with Crippen molar-refractivity contribution in [3.8, 4) is 0 Å². The molecule has 0 aromatic carbocycles. The summed E-state index contributed by atoms with van der Waals surface area (Å²) in [7, 11) is 0. The number of carbonyl (C=O) groups is 1. The van der Waals surface area contributed by atoms with Gasteiger partial charge in [-0.25, -0.2) is 0 Å². The van der Waals surface area contributed by atoms with Crippen LogP contribution < -0.4 is 5.32 Å². The number of carboxylic acids is 1. The molecule has 0 aromatic heterocycles. The summed E-state index contributed by atoms with van der Waals surface area (Å²) in [6.45, 7) is 2.80. The number of halogens is 1. The minimum atomic E-state index is -0.722. The van der Waals surface area contributed by atoms with E-state index in [1.165, 1.54) is 0 Å². The second-order valence-electron chi connectivity index (χ2n) is 2.54. The predicted molar refractivity (Wildman–Crippen MR) is 40.5 cm³/mol. The summed E-state index contributed by atoms with van der Waals surface area (Å²) >= 11 is 0. The zero-order valence-corrected chi connectivity index (χ0v) is 6.65. The molecular weight excluding hydrogens is 154 g/mol. The molecule has 0 saturated carbocycles. The first-order valence-electron chi connectivity index (χ1n) is 3.18. The van der Waals surface area contributed by atoms with Gasteiger partial charge in [0.2, 0.25) is 0 Å². The van der Waals surface area contributed by atoms with Crippen molar-refractivity contribution in [1.82, 2.24) is 5.32 Å². The highest BCUT2D eigenvalue weighted by Crippen LogP contribution is 2.13. The molecule has 0 spiro atoms. The monoisotopic (exact) mass is 165 g/mol. The molecule has 10 heavy (non-hydrogen) atoms. The molecule has 1 aliphatic heterocycles. The van der Waals surface area contributed by atoms with Crippen LogP contribution in [0.2, 0.25) is 0 Å². The van der Waals surface area contributed by atoms with Gasteiger partial charge in [-0.1, -0.05) is 6.92 Å². The van der Waals surface area contributed by atoms with Gasteiger partial charge in [-0.05, 0) is 18.9 Å². The van der Waals surface area contributed by atoms with E-state index in [-0.39, 0.29) is 18.4 Å². The molecule has 0 amide bonds. The third kappa shape index (κ3) is 1.85. The fraction of sp³-hybridized carbons (Fsp3) is 0.833. The van der Waals surface area contributed by atoms with Gasteiger partial charge in [0.1, 0.15) is 6.04 Å². The molecule has 2 atom stereocenters. The molecule has 1 rings (SSSR count). The molecule has 1 fully saturated rings. The molecule has 4 heteroatoms. The highest BCUT2D eigenvalue weighted by molar-refractivity contribution is 5.85. The van der Waals surface area contributed by atoms with E-state index in [0.29, 0.717) is 5.92 Å². The van der Waals surface area contributed by atoms with Crippen LogP contribution in [0.1, 0.15) is 13.3 Å². The summed E-state index contributed by atoms with van der Waals surface area (Å²) in [5.41, 5.74) is 0. The van der Waals surface area contributed by atoms with Crippen molar-refractivity contribution in [2.45, 2.75) is 19.4 Å². The third-order valence-electron chi connectivity index (χ3n) is 1.80. The molecule has 0 aromatic rings. The van der Waals surface area contributed by atoms with Crippen molar-refractivity contribution in [2.24, 2.45) is 5.92 Å². The lowest BCUT2D eigenvalue weighted by Gasteiger charge is -2.07. The zero-order chi connectivity index (χ0) is 6.85. The standard InChI is InChI=1S/C6H11NO2.ClH/c1-4-2-3-7-5(4)6(8)9;/h4-5,7H,2-3H2,1H3,(H,8,9);1H/t4-,5+;/m0./s1. The zero-order valence-electron chi connectivity index (χ0n) is 5.83. The van der Waals surface area contributed by atoms with Gasteiger partial charge in [0, 0.05) is 0 Å². The van der Waals surface area contributed by atoms with Crippen LogP contribution in [-0.4, -0.2) is 23.7 Å². The topological polar surface area (TPSA) is 49.3 Å². The average molecular weight is 166 g/mol. The second-order valence-corrected chi connectivity index (χ2v) is 2.54. The predicted octanol–water partition coefficient (Wildman–Crippen LogP) is 0.491. The van der Waals surface area contributed by atoms with Crippen LogP contribution in [0.15, 0.2) is 0 Å². The van der Waals surface area contributed by atoms with Gasteiger partial charge in [-0.3, -0.25) is 4.79 Å². The van der Waals surface area contributed by atoms with Crippen LogP contribution in [-0.2, 0) is 4.79 Å². The highest BCUT2D eigenvalue weighted by atomic mass is 35.5. The number of nitrogens with one attached hydrogen (secondary N) is 1. The number of rotatable bonds is 1. The lowest BCUT2D eigenvalue weighted by molar-refractivity contribution is -0.139. The molecule has 2 N–H and O–H groups in total. The number of hydrogen-bond donors (Lipinski definition) is 2. The Labute approximate surface area is 66.2 Å². The maximum absolute atomic E-state index is 10.3. The number of aliphatic carboxylic acids is 1. The Morgan fingerprint density at radius 3 is 2.50 bits per heavy atom. The fourth-order valence-electron chi connectivity index (χ4n) is 1.17. The molecule has 0 aliphatic carbocycles. The molecule has 0 unspecified atom stereocenters. The molecule has 1 aliphatic rings. The summed E-state index contributed by atoms with van der Waals surface area (Å²) in [4.78, 5) is 10.3. The van der Waals surface area contributed by atoms with Gasteiger partial charge < -0.3 is 10.4 Å². The lowest BCUT2D eigenvalue weighted by atomic mass is 10.0. The number of carboxylic acid groups (broad SMARTS) is 1. The van der Waals surface area contributed by atoms with Crippen LogP contribution in [0.4, 0.5) is 0 Å². The number of hydrogen-bond acceptors (Lipinski definition) is 2. The van der Waals surface area contributed by atoms with Gasteiger partial charge >= 0.3 is 5.97 Å². The molecule has 1 saturated heterocycles. The van der Waals surface area contributed by atoms with E-state index in [1.807, 2.05) is 6.92 Å². The van der Waals surface area contributed by atoms with Crippen molar-refractivity contribution in [1.29, 1.82) is 0 Å². The lowest BCUT2D eigenvalue weighted by Crippen LogP contribution is -2.34. The van der Waals surface area contributed by atoms with Crippen molar-refractivity contribution in [2.75, 3.05) is 6.54 Å². The third-order valence-corrected chi connectivity index (χ3v) is 1.80. The van der Waals surface area contributed by atoms with Gasteiger partial charge in [0.25, 0.3) is 0 Å². The van der Waals surface area contributed by atoms with Crippen LogP contribution in [0, 0.1) is 5.92 Å². The summed E-state index contributed by atoms with van der Waals surface area (Å²) in [6.07, 6.45) is 0.983. The Morgan fingerprint density at radius 1 is 1.70 bits per heavy atom. The molecule has 0 bridgehead atoms. The minimum absolute atomic E-state index is 0. The Balaban J connectivity index is 0.000000810. The van der Waals surface area contributed by atoms with Gasteiger partial charge in [0.05, 0.1) is 0 Å². The van der Waals surface area contributed by atoms with Crippen LogP contribution >= 0.6 is 12.4 Å². The summed E-state index contributed by atoms with van der Waals surface area (Å²) in [5, 5.41) is 11.4. The van der Waals surface area contributed by atoms with E-state index >= 15 is 0 Å². The molecular formula is C6H12ClNO2. The molecule has 1 heterocycles. The smallest absolute Gasteiger partial charge is 0.320 e. The van der Waals surface area contributed by atoms with Gasteiger partial charge in [-0.15, -0.1) is 12.4 Å². The molecule has 0 radical (unpaired) electrons. The molecule has 60 valence electrons. The summed E-state index contributed by atoms with van der Waals surface area (Å²) in [6, 6.07) is -0.301. The van der Waals surface area contributed by atoms with E-state index in [0.717, 1.165) is 13.0 Å². The van der Waals surface area contributed by atoms with Crippen molar-refractivity contribution >= 4 is 18.4 Å². The average Bonchev–Trinajstić information content (AvgIpc) is 2.13. The first kappa shape index (κ1) is 9.72. The Bertz CT molecular complexity index is 129. The quantitative estimate of drug-likeness (QED) is 0.595. The summed E-state index contributed by atoms with van der Waals surface area (Å²) in [5.74, 6) is -0.428. The van der Waals surface area contributed by atoms with Gasteiger partial charge in [-0.2, -0.15) is 0 Å². The minimum Gasteiger partial charge on any atom is -0.480 e. The summed E-state index contributed by atoms with van der Waals surface area (Å²) < 4.78 is 0. The van der Waals surface area contributed by atoms with Crippen LogP contribution in [0.3, 0.4) is 0 Å². The van der Waals surface area contributed by atoms with E-state index < -0.39 is 5.97 Å². The van der Waals surface area contributed by atoms with E-state index in [1.54, 1.807) is 0 Å². The SMILES string of the molecule is C[C@H]1CCN[C@H]1C(=O)O.Cl. The van der Waals surface area contributed by atoms with Crippen molar-refractivity contribution in [3.63, 3.8) is 0 Å². The Hall–Kier alpha value is -0.280. The maximum atomic E-state index is 10.3. The molecule has 3 nitrogen and oxygen atoms in total. The van der Waals surface area contributed by atoms with E-state index in [4.69, 9.17) is 5.11 Å². The second kappa shape index (κ2) is 3.78.